The van der Waals surface area contributed by atoms with Crippen LogP contribution in [-0.4, -0.2) is 62.0 Å². The molecular formula is C22H31IN4O3S. The van der Waals surface area contributed by atoms with E-state index in [0.717, 1.165) is 43.3 Å². The third-order valence-electron chi connectivity index (χ3n) is 4.88. The molecule has 1 aliphatic heterocycles. The molecule has 1 amide bonds. The van der Waals surface area contributed by atoms with E-state index < -0.39 is 0 Å². The molecule has 9 heteroatoms. The zero-order valence-corrected chi connectivity index (χ0v) is 20.9. The maximum absolute atomic E-state index is 11.7. The van der Waals surface area contributed by atoms with Gasteiger partial charge in [0, 0.05) is 49.3 Å². The molecular weight excluding hydrogens is 527 g/mol. The molecule has 2 aromatic rings. The molecule has 1 aromatic heterocycles. The van der Waals surface area contributed by atoms with Gasteiger partial charge in [0.25, 0.3) is 0 Å². The summed E-state index contributed by atoms with van der Waals surface area (Å²) in [6.45, 7) is 2.84. The summed E-state index contributed by atoms with van der Waals surface area (Å²) in [5.41, 5.74) is 0. The first-order chi connectivity index (χ1) is 14.7. The van der Waals surface area contributed by atoms with Gasteiger partial charge in [0.05, 0.1) is 13.4 Å². The van der Waals surface area contributed by atoms with Crippen LogP contribution in [0.3, 0.4) is 0 Å². The van der Waals surface area contributed by atoms with Crippen LogP contribution in [0.25, 0.3) is 0 Å². The molecule has 0 radical (unpaired) electrons. The monoisotopic (exact) mass is 558 g/mol. The topological polar surface area (TPSA) is 79.1 Å². The minimum atomic E-state index is -0.253. The lowest BCUT2D eigenvalue weighted by molar-refractivity contribution is 0.111. The predicted molar refractivity (Wildman–Crippen MR) is 135 cm³/mol. The van der Waals surface area contributed by atoms with Crippen molar-refractivity contribution in [2.24, 2.45) is 4.99 Å². The maximum atomic E-state index is 11.7. The SMILES string of the molecule is COC(=O)N1CCC(NC(=NCCc2ccco2)NCCSc2ccccc2)CC1.I. The fourth-order valence-electron chi connectivity index (χ4n) is 3.27. The summed E-state index contributed by atoms with van der Waals surface area (Å²) < 4.78 is 10.2. The number of methoxy groups -OCH3 is 1. The molecule has 0 aliphatic carbocycles. The minimum absolute atomic E-state index is 0. The van der Waals surface area contributed by atoms with Crippen LogP contribution in [0.5, 0.6) is 0 Å². The standard InChI is InChI=1S/C22H30N4O3S.HI/c1-28-22(27)26-14-10-18(11-15-26)25-21(23-12-9-19-6-5-16-29-19)24-13-17-30-20-7-3-2-4-8-20;/h2-8,16,18H,9-15,17H2,1H3,(H2,23,24,25);1H. The highest BCUT2D eigenvalue weighted by molar-refractivity contribution is 14.0. The summed E-state index contributed by atoms with van der Waals surface area (Å²) >= 11 is 1.82. The fraction of sp³-hybridized carbons (Fsp3) is 0.455. The average molecular weight is 558 g/mol. The van der Waals surface area contributed by atoms with Crippen LogP contribution in [0, 0.1) is 0 Å². The molecule has 0 saturated carbocycles. The van der Waals surface area contributed by atoms with Crippen LogP contribution >= 0.6 is 35.7 Å². The molecule has 2 heterocycles. The Morgan fingerprint density at radius 3 is 2.68 bits per heavy atom. The second-order valence-electron chi connectivity index (χ2n) is 7.02. The Morgan fingerprint density at radius 2 is 2.00 bits per heavy atom. The molecule has 0 unspecified atom stereocenters. The van der Waals surface area contributed by atoms with E-state index in [0.29, 0.717) is 19.6 Å². The van der Waals surface area contributed by atoms with Crippen molar-refractivity contribution in [1.82, 2.24) is 15.5 Å². The minimum Gasteiger partial charge on any atom is -0.469 e. The highest BCUT2D eigenvalue weighted by Gasteiger charge is 2.23. The Labute approximate surface area is 205 Å². The smallest absolute Gasteiger partial charge is 0.409 e. The van der Waals surface area contributed by atoms with Gasteiger partial charge in [-0.05, 0) is 37.1 Å². The Kier molecular flexibility index (Phi) is 11.7. The van der Waals surface area contributed by atoms with Crippen molar-refractivity contribution < 1.29 is 13.9 Å². The second kappa shape index (κ2) is 14.2. The lowest BCUT2D eigenvalue weighted by Crippen LogP contribution is -2.50. The average Bonchev–Trinajstić information content (AvgIpc) is 3.31. The summed E-state index contributed by atoms with van der Waals surface area (Å²) in [6, 6.07) is 14.5. The van der Waals surface area contributed by atoms with E-state index in [4.69, 9.17) is 14.1 Å². The summed E-state index contributed by atoms with van der Waals surface area (Å²) in [4.78, 5) is 19.4. The van der Waals surface area contributed by atoms with Crippen LogP contribution in [0.2, 0.25) is 0 Å². The predicted octanol–water partition coefficient (Wildman–Crippen LogP) is 4.00. The van der Waals surface area contributed by atoms with Gasteiger partial charge in [-0.2, -0.15) is 0 Å². The molecule has 1 aromatic carbocycles. The third-order valence-corrected chi connectivity index (χ3v) is 5.90. The van der Waals surface area contributed by atoms with Gasteiger partial charge in [0.1, 0.15) is 5.76 Å². The zero-order chi connectivity index (χ0) is 21.0. The van der Waals surface area contributed by atoms with E-state index >= 15 is 0 Å². The molecule has 31 heavy (non-hydrogen) atoms. The summed E-state index contributed by atoms with van der Waals surface area (Å²) in [6.07, 6.45) is 3.93. The van der Waals surface area contributed by atoms with Crippen LogP contribution < -0.4 is 10.6 Å². The number of thioether (sulfide) groups is 1. The lowest BCUT2D eigenvalue weighted by atomic mass is 10.1. The van der Waals surface area contributed by atoms with Gasteiger partial charge in [-0.1, -0.05) is 18.2 Å². The maximum Gasteiger partial charge on any atom is 0.409 e. The molecule has 7 nitrogen and oxygen atoms in total. The number of furan rings is 1. The van der Waals surface area contributed by atoms with Crippen molar-refractivity contribution in [1.29, 1.82) is 0 Å². The number of aliphatic imine (C=N–C) groups is 1. The molecule has 1 aliphatic rings. The van der Waals surface area contributed by atoms with Crippen LogP contribution in [0.15, 0.2) is 63.0 Å². The number of rotatable bonds is 8. The Balaban J connectivity index is 0.00000341. The number of nitrogens with zero attached hydrogens (tertiary/aromatic N) is 2. The van der Waals surface area contributed by atoms with Crippen LogP contribution in [0.4, 0.5) is 4.79 Å². The van der Waals surface area contributed by atoms with E-state index in [1.165, 1.54) is 12.0 Å². The number of halogens is 1. The van der Waals surface area contributed by atoms with Crippen molar-refractivity contribution in [2.45, 2.75) is 30.2 Å². The number of ether oxygens (including phenoxy) is 1. The molecule has 0 spiro atoms. The Bertz CT molecular complexity index is 781. The van der Waals surface area contributed by atoms with Crippen molar-refractivity contribution in [3.8, 4) is 0 Å². The van der Waals surface area contributed by atoms with E-state index in [1.54, 1.807) is 11.2 Å². The zero-order valence-electron chi connectivity index (χ0n) is 17.8. The van der Waals surface area contributed by atoms with Gasteiger partial charge < -0.3 is 24.7 Å². The molecule has 3 rings (SSSR count). The normalized spacial score (nSPS) is 14.6. The number of carbonyl (C=O) groups is 1. The third kappa shape index (κ3) is 9.02. The lowest BCUT2D eigenvalue weighted by Gasteiger charge is -2.32. The molecule has 0 atom stereocenters. The number of guanidine groups is 1. The van der Waals surface area contributed by atoms with Crippen LogP contribution in [-0.2, 0) is 11.2 Å². The summed E-state index contributed by atoms with van der Waals surface area (Å²) in [5.74, 6) is 2.69. The van der Waals surface area contributed by atoms with Crippen molar-refractivity contribution in [3.05, 3.63) is 54.5 Å². The molecule has 2 N–H and O–H groups in total. The van der Waals surface area contributed by atoms with Gasteiger partial charge in [0.2, 0.25) is 0 Å². The largest absolute Gasteiger partial charge is 0.469 e. The molecule has 1 saturated heterocycles. The summed E-state index contributed by atoms with van der Waals surface area (Å²) in [7, 11) is 1.42. The molecule has 0 bridgehead atoms. The highest BCUT2D eigenvalue weighted by Crippen LogP contribution is 2.16. The number of hydrogen-bond donors (Lipinski definition) is 2. The highest BCUT2D eigenvalue weighted by atomic mass is 127. The first-order valence-electron chi connectivity index (χ1n) is 10.3. The first-order valence-corrected chi connectivity index (χ1v) is 11.3. The number of likely N-dealkylation sites (tertiary alicyclic amines) is 1. The number of benzene rings is 1. The van der Waals surface area contributed by atoms with Gasteiger partial charge in [0.15, 0.2) is 5.96 Å². The molecule has 170 valence electrons. The van der Waals surface area contributed by atoms with E-state index in [9.17, 15) is 4.79 Å². The van der Waals surface area contributed by atoms with Gasteiger partial charge >= 0.3 is 6.09 Å². The number of nitrogens with one attached hydrogen (secondary N) is 2. The summed E-state index contributed by atoms with van der Waals surface area (Å²) in [5, 5.41) is 6.98. The quantitative estimate of drug-likeness (QED) is 0.168. The van der Waals surface area contributed by atoms with Gasteiger partial charge in [-0.3, -0.25) is 4.99 Å². The Hall–Kier alpha value is -1.88. The fourth-order valence-corrected chi connectivity index (χ4v) is 4.06. The second-order valence-corrected chi connectivity index (χ2v) is 8.19. The number of carbonyl (C=O) groups excluding carboxylic acids is 1. The number of amides is 1. The van der Waals surface area contributed by atoms with Crippen molar-refractivity contribution >= 4 is 47.8 Å². The molecule has 1 fully saturated rings. The van der Waals surface area contributed by atoms with E-state index in [-0.39, 0.29) is 36.1 Å². The number of hydrogen-bond acceptors (Lipinski definition) is 5. The van der Waals surface area contributed by atoms with Crippen LogP contribution in [0.1, 0.15) is 18.6 Å². The van der Waals surface area contributed by atoms with E-state index in [2.05, 4.69) is 34.9 Å². The van der Waals surface area contributed by atoms with E-state index in [1.807, 2.05) is 30.0 Å². The van der Waals surface area contributed by atoms with Crippen molar-refractivity contribution in [2.75, 3.05) is 39.0 Å². The van der Waals surface area contributed by atoms with Gasteiger partial charge in [-0.25, -0.2) is 4.79 Å². The Morgan fingerprint density at radius 1 is 1.23 bits per heavy atom. The van der Waals surface area contributed by atoms with Gasteiger partial charge in [-0.15, -0.1) is 35.7 Å². The van der Waals surface area contributed by atoms with Crippen molar-refractivity contribution in [3.63, 3.8) is 0 Å². The number of piperidine rings is 1. The first kappa shape index (κ1) is 25.4.